The predicted molar refractivity (Wildman–Crippen MR) is 122 cm³/mol. The van der Waals surface area contributed by atoms with Gasteiger partial charge in [0, 0.05) is 59.1 Å². The van der Waals surface area contributed by atoms with E-state index >= 15 is 0 Å². The average molecular weight is 468 g/mol. The molecular weight excluding hydrogens is 442 g/mol. The van der Waals surface area contributed by atoms with Crippen LogP contribution in [0.3, 0.4) is 0 Å². The van der Waals surface area contributed by atoms with E-state index < -0.39 is 9.84 Å². The molecular formula is C21H26ClN3O3S2. The summed E-state index contributed by atoms with van der Waals surface area (Å²) in [5, 5.41) is 3.64. The van der Waals surface area contributed by atoms with Crippen LogP contribution in [0.25, 0.3) is 10.4 Å². The summed E-state index contributed by atoms with van der Waals surface area (Å²) in [5.41, 5.74) is 1.07. The Labute approximate surface area is 186 Å². The summed E-state index contributed by atoms with van der Waals surface area (Å²) in [6.07, 6.45) is 0.527. The van der Waals surface area contributed by atoms with Crippen molar-refractivity contribution in [1.29, 1.82) is 0 Å². The van der Waals surface area contributed by atoms with Gasteiger partial charge < -0.3 is 5.32 Å². The minimum absolute atomic E-state index is 0.0729. The zero-order valence-corrected chi connectivity index (χ0v) is 19.1. The summed E-state index contributed by atoms with van der Waals surface area (Å²) in [6.45, 7) is 4.71. The third kappa shape index (κ3) is 5.62. The van der Waals surface area contributed by atoms with E-state index in [1.807, 2.05) is 24.3 Å². The van der Waals surface area contributed by atoms with E-state index in [4.69, 9.17) is 11.6 Å². The van der Waals surface area contributed by atoms with Gasteiger partial charge in [-0.05, 0) is 24.6 Å². The molecule has 1 aromatic carbocycles. The highest BCUT2D eigenvalue weighted by Gasteiger charge is 2.29. The fourth-order valence-electron chi connectivity index (χ4n) is 3.98. The van der Waals surface area contributed by atoms with Crippen LogP contribution in [0.15, 0.2) is 36.4 Å². The SMILES string of the molecule is O=C(CN1CCN(Cc2ccc(-c3ccccc3Cl)s2)CC1)N[C@@H]1CCS(=O)(=O)C1. The Hall–Kier alpha value is -1.45. The molecule has 3 heterocycles. The van der Waals surface area contributed by atoms with Gasteiger partial charge in [-0.2, -0.15) is 0 Å². The van der Waals surface area contributed by atoms with Crippen LogP contribution in [-0.2, 0) is 21.2 Å². The summed E-state index contributed by atoms with van der Waals surface area (Å²) >= 11 is 8.08. The van der Waals surface area contributed by atoms with Crippen molar-refractivity contribution in [1.82, 2.24) is 15.1 Å². The quantitative estimate of drug-likeness (QED) is 0.706. The molecule has 2 aliphatic rings. The number of sulfone groups is 1. The van der Waals surface area contributed by atoms with Crippen molar-refractivity contribution in [3.8, 4) is 10.4 Å². The van der Waals surface area contributed by atoms with Crippen molar-refractivity contribution in [3.05, 3.63) is 46.3 Å². The van der Waals surface area contributed by atoms with Crippen LogP contribution in [0, 0.1) is 0 Å². The largest absolute Gasteiger partial charge is 0.351 e. The number of benzene rings is 1. The molecule has 4 rings (SSSR count). The van der Waals surface area contributed by atoms with Crippen molar-refractivity contribution in [2.75, 3.05) is 44.2 Å². The topological polar surface area (TPSA) is 69.7 Å². The second kappa shape index (κ2) is 9.36. The molecule has 0 bridgehead atoms. The summed E-state index contributed by atoms with van der Waals surface area (Å²) in [4.78, 5) is 19.3. The second-order valence-corrected chi connectivity index (χ2v) is 11.8. The first kappa shape index (κ1) is 21.8. The van der Waals surface area contributed by atoms with E-state index in [9.17, 15) is 13.2 Å². The zero-order valence-electron chi connectivity index (χ0n) is 16.7. The fourth-order valence-corrected chi connectivity index (χ4v) is 7.04. The lowest BCUT2D eigenvalue weighted by Gasteiger charge is -2.34. The number of nitrogens with one attached hydrogen (secondary N) is 1. The van der Waals surface area contributed by atoms with Gasteiger partial charge in [-0.3, -0.25) is 14.6 Å². The van der Waals surface area contributed by atoms with E-state index in [0.29, 0.717) is 13.0 Å². The molecule has 0 radical (unpaired) electrons. The third-order valence-electron chi connectivity index (χ3n) is 5.61. The summed E-state index contributed by atoms with van der Waals surface area (Å²) in [7, 11) is -2.97. The minimum atomic E-state index is -2.97. The van der Waals surface area contributed by atoms with Crippen LogP contribution >= 0.6 is 22.9 Å². The molecule has 6 nitrogen and oxygen atoms in total. The first-order chi connectivity index (χ1) is 14.4. The minimum Gasteiger partial charge on any atom is -0.351 e. The van der Waals surface area contributed by atoms with Gasteiger partial charge in [0.25, 0.3) is 0 Å². The van der Waals surface area contributed by atoms with Gasteiger partial charge in [-0.15, -0.1) is 11.3 Å². The van der Waals surface area contributed by atoms with Crippen molar-refractivity contribution >= 4 is 38.7 Å². The highest BCUT2D eigenvalue weighted by Crippen LogP contribution is 2.33. The molecule has 0 unspecified atom stereocenters. The Balaban J connectivity index is 1.22. The van der Waals surface area contributed by atoms with Crippen LogP contribution in [0.5, 0.6) is 0 Å². The molecule has 2 saturated heterocycles. The molecule has 9 heteroatoms. The molecule has 0 aliphatic carbocycles. The van der Waals surface area contributed by atoms with Crippen LogP contribution in [-0.4, -0.2) is 74.4 Å². The fraction of sp³-hybridized carbons (Fsp3) is 0.476. The lowest BCUT2D eigenvalue weighted by molar-refractivity contribution is -0.123. The molecule has 0 spiro atoms. The van der Waals surface area contributed by atoms with Crippen molar-refractivity contribution < 1.29 is 13.2 Å². The van der Waals surface area contributed by atoms with E-state index in [-0.39, 0.29) is 23.5 Å². The average Bonchev–Trinajstić information content (AvgIpc) is 3.29. The Morgan fingerprint density at radius 3 is 2.53 bits per heavy atom. The smallest absolute Gasteiger partial charge is 0.234 e. The maximum atomic E-state index is 12.2. The number of nitrogens with zero attached hydrogens (tertiary/aromatic N) is 2. The lowest BCUT2D eigenvalue weighted by atomic mass is 10.2. The molecule has 1 amide bonds. The zero-order chi connectivity index (χ0) is 21.1. The van der Waals surface area contributed by atoms with Crippen molar-refractivity contribution in [2.24, 2.45) is 0 Å². The molecule has 2 aliphatic heterocycles. The monoisotopic (exact) mass is 467 g/mol. The molecule has 0 saturated carbocycles. The summed E-state index contributed by atoms with van der Waals surface area (Å²) < 4.78 is 23.0. The second-order valence-electron chi connectivity index (χ2n) is 7.97. The first-order valence-corrected chi connectivity index (χ1v) is 13.2. The van der Waals surface area contributed by atoms with Gasteiger partial charge >= 0.3 is 0 Å². The van der Waals surface area contributed by atoms with Crippen molar-refractivity contribution in [3.63, 3.8) is 0 Å². The highest BCUT2D eigenvalue weighted by atomic mass is 35.5. The summed E-state index contributed by atoms with van der Waals surface area (Å²) in [6, 6.07) is 12.0. The maximum absolute atomic E-state index is 12.2. The Morgan fingerprint density at radius 1 is 1.10 bits per heavy atom. The van der Waals surface area contributed by atoms with Gasteiger partial charge in [-0.25, -0.2) is 8.42 Å². The standard InChI is InChI=1S/C21H26ClN3O3S2/c22-19-4-2-1-3-18(19)20-6-5-17(29-20)13-24-8-10-25(11-9-24)14-21(26)23-16-7-12-30(27,28)15-16/h1-6,16H,7-15H2,(H,23,26)/t16-/m1/s1. The Kier molecular flexibility index (Phi) is 6.79. The van der Waals surface area contributed by atoms with Crippen LogP contribution in [0.4, 0.5) is 0 Å². The highest BCUT2D eigenvalue weighted by molar-refractivity contribution is 7.91. The number of halogens is 1. The van der Waals surface area contributed by atoms with E-state index in [2.05, 4.69) is 27.2 Å². The third-order valence-corrected chi connectivity index (χ3v) is 8.81. The number of hydrogen-bond donors (Lipinski definition) is 1. The molecule has 1 atom stereocenters. The van der Waals surface area contributed by atoms with Gasteiger partial charge in [-0.1, -0.05) is 29.8 Å². The molecule has 2 fully saturated rings. The Morgan fingerprint density at radius 2 is 1.83 bits per heavy atom. The number of amides is 1. The maximum Gasteiger partial charge on any atom is 0.234 e. The van der Waals surface area contributed by atoms with Crippen LogP contribution < -0.4 is 5.32 Å². The van der Waals surface area contributed by atoms with Crippen LogP contribution in [0.2, 0.25) is 5.02 Å². The predicted octanol–water partition coefficient (Wildman–Crippen LogP) is 2.49. The molecule has 30 heavy (non-hydrogen) atoms. The van der Waals surface area contributed by atoms with Gasteiger partial charge in [0.15, 0.2) is 9.84 Å². The van der Waals surface area contributed by atoms with E-state index in [1.54, 1.807) is 11.3 Å². The van der Waals surface area contributed by atoms with Gasteiger partial charge in [0.2, 0.25) is 5.91 Å². The number of carbonyl (C=O) groups is 1. The first-order valence-electron chi connectivity index (χ1n) is 10.2. The molecule has 2 aromatic rings. The summed E-state index contributed by atoms with van der Waals surface area (Å²) in [5.74, 6) is 0.175. The van der Waals surface area contributed by atoms with Gasteiger partial charge in [0.1, 0.15) is 0 Å². The van der Waals surface area contributed by atoms with Crippen LogP contribution in [0.1, 0.15) is 11.3 Å². The van der Waals surface area contributed by atoms with Crippen molar-refractivity contribution in [2.45, 2.75) is 19.0 Å². The molecule has 1 aromatic heterocycles. The number of hydrogen-bond acceptors (Lipinski definition) is 6. The van der Waals surface area contributed by atoms with E-state index in [0.717, 1.165) is 43.3 Å². The molecule has 162 valence electrons. The normalized spacial score (nSPS) is 22.2. The Bertz CT molecular complexity index is 1000. The number of piperazine rings is 1. The van der Waals surface area contributed by atoms with E-state index in [1.165, 1.54) is 9.75 Å². The lowest BCUT2D eigenvalue weighted by Crippen LogP contribution is -2.50. The number of thiophene rings is 1. The van der Waals surface area contributed by atoms with Gasteiger partial charge in [0.05, 0.1) is 18.1 Å². The number of carbonyl (C=O) groups excluding carboxylic acids is 1. The number of rotatable bonds is 6. The molecule has 1 N–H and O–H groups in total.